The van der Waals surface area contributed by atoms with Gasteiger partial charge in [0, 0.05) is 17.8 Å². The van der Waals surface area contributed by atoms with Crippen molar-refractivity contribution in [2.75, 3.05) is 0 Å². The van der Waals surface area contributed by atoms with E-state index in [0.717, 1.165) is 30.9 Å². The Labute approximate surface area is 126 Å². The summed E-state index contributed by atoms with van der Waals surface area (Å²) in [6, 6.07) is 6.22. The van der Waals surface area contributed by atoms with Crippen LogP contribution in [0.15, 0.2) is 24.5 Å². The van der Waals surface area contributed by atoms with Crippen LogP contribution in [0.1, 0.15) is 50.7 Å². The SMILES string of the molecule is CC(C)(C)NCc1cccc(-n2cnc3c2CCCC3)n1. The average molecular weight is 284 g/mol. The van der Waals surface area contributed by atoms with Crippen molar-refractivity contribution in [2.24, 2.45) is 0 Å². The zero-order valence-corrected chi connectivity index (χ0v) is 13.2. The number of rotatable bonds is 3. The lowest BCUT2D eigenvalue weighted by molar-refractivity contribution is 0.421. The Hall–Kier alpha value is -1.68. The van der Waals surface area contributed by atoms with Crippen LogP contribution in [-0.4, -0.2) is 20.1 Å². The second-order valence-electron chi connectivity index (χ2n) is 6.81. The number of hydrogen-bond acceptors (Lipinski definition) is 3. The fourth-order valence-electron chi connectivity index (χ4n) is 2.72. The van der Waals surface area contributed by atoms with Crippen molar-refractivity contribution < 1.29 is 0 Å². The van der Waals surface area contributed by atoms with Gasteiger partial charge in [0.1, 0.15) is 12.1 Å². The summed E-state index contributed by atoms with van der Waals surface area (Å²) in [6.07, 6.45) is 6.66. The molecule has 0 radical (unpaired) electrons. The molecular weight excluding hydrogens is 260 g/mol. The van der Waals surface area contributed by atoms with Gasteiger partial charge in [0.25, 0.3) is 0 Å². The van der Waals surface area contributed by atoms with Gasteiger partial charge in [-0.25, -0.2) is 9.97 Å². The van der Waals surface area contributed by atoms with Gasteiger partial charge in [0.2, 0.25) is 0 Å². The number of nitrogens with zero attached hydrogens (tertiary/aromatic N) is 3. The maximum absolute atomic E-state index is 4.79. The Morgan fingerprint density at radius 2 is 2.00 bits per heavy atom. The topological polar surface area (TPSA) is 42.7 Å². The lowest BCUT2D eigenvalue weighted by Gasteiger charge is -2.20. The normalized spacial score (nSPS) is 15.0. The molecule has 0 unspecified atom stereocenters. The van der Waals surface area contributed by atoms with Crippen molar-refractivity contribution in [3.8, 4) is 5.82 Å². The molecule has 0 atom stereocenters. The minimum absolute atomic E-state index is 0.103. The summed E-state index contributed by atoms with van der Waals surface area (Å²) in [7, 11) is 0. The quantitative estimate of drug-likeness (QED) is 0.942. The molecule has 0 saturated carbocycles. The second-order valence-corrected chi connectivity index (χ2v) is 6.81. The fraction of sp³-hybridized carbons (Fsp3) is 0.529. The first-order valence-corrected chi connectivity index (χ1v) is 7.79. The van der Waals surface area contributed by atoms with E-state index in [9.17, 15) is 0 Å². The highest BCUT2D eigenvalue weighted by Crippen LogP contribution is 2.22. The predicted octanol–water partition coefficient (Wildman–Crippen LogP) is 3.03. The zero-order valence-electron chi connectivity index (χ0n) is 13.2. The molecule has 0 bridgehead atoms. The Kier molecular flexibility index (Phi) is 3.81. The number of nitrogens with one attached hydrogen (secondary N) is 1. The highest BCUT2D eigenvalue weighted by molar-refractivity contribution is 5.31. The second kappa shape index (κ2) is 5.60. The van der Waals surface area contributed by atoms with Crippen LogP contribution in [0, 0.1) is 0 Å². The van der Waals surface area contributed by atoms with Crippen molar-refractivity contribution in [2.45, 2.75) is 58.5 Å². The van der Waals surface area contributed by atoms with Crippen LogP contribution in [0.5, 0.6) is 0 Å². The smallest absolute Gasteiger partial charge is 0.138 e. The molecule has 2 aromatic heterocycles. The van der Waals surface area contributed by atoms with Crippen LogP contribution in [-0.2, 0) is 19.4 Å². The third-order valence-corrected chi connectivity index (χ3v) is 3.87. The molecule has 2 heterocycles. The van der Waals surface area contributed by atoms with E-state index in [-0.39, 0.29) is 5.54 Å². The first-order chi connectivity index (χ1) is 10.0. The summed E-state index contributed by atoms with van der Waals surface area (Å²) in [6.45, 7) is 7.30. The number of hydrogen-bond donors (Lipinski definition) is 1. The van der Waals surface area contributed by atoms with Crippen molar-refractivity contribution in [1.82, 2.24) is 19.9 Å². The fourth-order valence-corrected chi connectivity index (χ4v) is 2.72. The van der Waals surface area contributed by atoms with Crippen LogP contribution >= 0.6 is 0 Å². The molecule has 4 heteroatoms. The molecule has 112 valence electrons. The molecule has 4 nitrogen and oxygen atoms in total. The first kappa shape index (κ1) is 14.3. The average Bonchev–Trinajstić information content (AvgIpc) is 2.89. The lowest BCUT2D eigenvalue weighted by Crippen LogP contribution is -2.35. The first-order valence-electron chi connectivity index (χ1n) is 7.79. The van der Waals surface area contributed by atoms with Gasteiger partial charge in [-0.3, -0.25) is 4.57 Å². The van der Waals surface area contributed by atoms with Gasteiger partial charge in [0.05, 0.1) is 11.4 Å². The van der Waals surface area contributed by atoms with Crippen LogP contribution < -0.4 is 5.32 Å². The molecule has 0 amide bonds. The van der Waals surface area contributed by atoms with E-state index in [2.05, 4.69) is 53.8 Å². The number of imidazole rings is 1. The van der Waals surface area contributed by atoms with E-state index >= 15 is 0 Å². The van der Waals surface area contributed by atoms with Crippen molar-refractivity contribution in [1.29, 1.82) is 0 Å². The highest BCUT2D eigenvalue weighted by atomic mass is 15.1. The number of pyridine rings is 1. The van der Waals surface area contributed by atoms with E-state index in [1.807, 2.05) is 6.33 Å². The van der Waals surface area contributed by atoms with Gasteiger partial charge in [-0.15, -0.1) is 0 Å². The van der Waals surface area contributed by atoms with E-state index < -0.39 is 0 Å². The van der Waals surface area contributed by atoms with Gasteiger partial charge in [0.15, 0.2) is 0 Å². The standard InChI is InChI=1S/C17H24N4/c1-17(2,3)19-11-13-7-6-10-16(20-13)21-12-18-14-8-4-5-9-15(14)21/h6-7,10,12,19H,4-5,8-9,11H2,1-3H3. The van der Waals surface area contributed by atoms with Crippen LogP contribution in [0.4, 0.5) is 0 Å². The van der Waals surface area contributed by atoms with Crippen molar-refractivity contribution in [3.63, 3.8) is 0 Å². The minimum atomic E-state index is 0.103. The summed E-state index contributed by atoms with van der Waals surface area (Å²) in [5.41, 5.74) is 3.77. The molecule has 0 saturated heterocycles. The molecule has 0 spiro atoms. The molecule has 21 heavy (non-hydrogen) atoms. The maximum atomic E-state index is 4.79. The largest absolute Gasteiger partial charge is 0.306 e. The molecule has 1 aliphatic carbocycles. The van der Waals surface area contributed by atoms with Gasteiger partial charge in [-0.05, 0) is 58.6 Å². The third kappa shape index (κ3) is 3.32. The molecule has 1 N–H and O–H groups in total. The molecule has 0 fully saturated rings. The number of aromatic nitrogens is 3. The summed E-state index contributed by atoms with van der Waals surface area (Å²) in [5.74, 6) is 0.985. The van der Waals surface area contributed by atoms with Crippen LogP contribution in [0.25, 0.3) is 5.82 Å². The van der Waals surface area contributed by atoms with E-state index in [1.54, 1.807) is 0 Å². The Morgan fingerprint density at radius 1 is 1.19 bits per heavy atom. The molecule has 3 rings (SSSR count). The van der Waals surface area contributed by atoms with Crippen molar-refractivity contribution in [3.05, 3.63) is 41.6 Å². The van der Waals surface area contributed by atoms with E-state index in [4.69, 9.17) is 4.98 Å². The lowest BCUT2D eigenvalue weighted by atomic mass is 10.0. The van der Waals surface area contributed by atoms with Gasteiger partial charge >= 0.3 is 0 Å². The summed E-state index contributed by atoms with van der Waals surface area (Å²) in [4.78, 5) is 9.34. The van der Waals surface area contributed by atoms with E-state index in [1.165, 1.54) is 24.2 Å². The third-order valence-electron chi connectivity index (χ3n) is 3.87. The van der Waals surface area contributed by atoms with Crippen molar-refractivity contribution >= 4 is 0 Å². The molecule has 2 aromatic rings. The van der Waals surface area contributed by atoms with Crippen LogP contribution in [0.3, 0.4) is 0 Å². The summed E-state index contributed by atoms with van der Waals surface area (Å²) < 4.78 is 2.16. The number of fused-ring (bicyclic) bond motifs is 1. The maximum Gasteiger partial charge on any atom is 0.138 e. The van der Waals surface area contributed by atoms with E-state index in [0.29, 0.717) is 0 Å². The van der Waals surface area contributed by atoms with Gasteiger partial charge < -0.3 is 5.32 Å². The Balaban J connectivity index is 1.84. The summed E-state index contributed by atoms with van der Waals surface area (Å²) in [5, 5.41) is 3.49. The highest BCUT2D eigenvalue weighted by Gasteiger charge is 2.17. The minimum Gasteiger partial charge on any atom is -0.306 e. The van der Waals surface area contributed by atoms with Gasteiger partial charge in [-0.2, -0.15) is 0 Å². The molecular formula is C17H24N4. The molecule has 0 aliphatic heterocycles. The molecule has 1 aliphatic rings. The van der Waals surface area contributed by atoms with Gasteiger partial charge in [-0.1, -0.05) is 6.07 Å². The Bertz CT molecular complexity index is 622. The zero-order chi connectivity index (χ0) is 14.9. The number of aryl methyl sites for hydroxylation is 1. The summed E-state index contributed by atoms with van der Waals surface area (Å²) >= 11 is 0. The monoisotopic (exact) mass is 284 g/mol. The molecule has 0 aromatic carbocycles. The Morgan fingerprint density at radius 3 is 2.81 bits per heavy atom. The predicted molar refractivity (Wildman–Crippen MR) is 84.6 cm³/mol. The van der Waals surface area contributed by atoms with Crippen LogP contribution in [0.2, 0.25) is 0 Å².